The van der Waals surface area contributed by atoms with Crippen LogP contribution in [0.3, 0.4) is 0 Å². The highest BCUT2D eigenvalue weighted by Gasteiger charge is 2.08. The highest BCUT2D eigenvalue weighted by Crippen LogP contribution is 2.08. The van der Waals surface area contributed by atoms with Gasteiger partial charge in [-0.25, -0.2) is 0 Å². The van der Waals surface area contributed by atoms with E-state index in [1.165, 1.54) is 37.9 Å². The molecule has 0 radical (unpaired) electrons. The first-order chi connectivity index (χ1) is 8.45. The Morgan fingerprint density at radius 1 is 1.18 bits per heavy atom. The molecule has 0 N–H and O–H groups in total. The van der Waals surface area contributed by atoms with Gasteiger partial charge < -0.3 is 9.64 Å². The van der Waals surface area contributed by atoms with Gasteiger partial charge in [-0.2, -0.15) is 0 Å². The van der Waals surface area contributed by atoms with E-state index in [2.05, 4.69) is 16.7 Å². The lowest BCUT2D eigenvalue weighted by atomic mass is 10.1. The Bertz CT molecular complexity index is 342. The quantitative estimate of drug-likeness (QED) is 0.533. The second kappa shape index (κ2) is 7.29. The second-order valence-corrected chi connectivity index (χ2v) is 4.56. The number of hydrogen-bond acceptors (Lipinski definition) is 2. The predicted molar refractivity (Wildman–Crippen MR) is 71.0 cm³/mol. The van der Waals surface area contributed by atoms with Crippen molar-refractivity contribution in [3.05, 3.63) is 41.7 Å². The molecule has 2 aliphatic rings. The minimum atomic E-state index is 0.693. The van der Waals surface area contributed by atoms with Crippen LogP contribution in [-0.4, -0.2) is 37.7 Å². The maximum Gasteiger partial charge on any atom is 0.0723 e. The van der Waals surface area contributed by atoms with Crippen molar-refractivity contribution in [3.8, 4) is 0 Å². The van der Waals surface area contributed by atoms with Crippen molar-refractivity contribution in [2.75, 3.05) is 32.8 Å². The first-order valence-corrected chi connectivity index (χ1v) is 6.53. The molecule has 2 heteroatoms. The third kappa shape index (κ3) is 4.74. The zero-order chi connectivity index (χ0) is 11.8. The van der Waals surface area contributed by atoms with E-state index in [1.807, 2.05) is 24.3 Å². The largest absolute Gasteiger partial charge is 0.375 e. The van der Waals surface area contributed by atoms with Crippen LogP contribution >= 0.6 is 0 Å². The van der Waals surface area contributed by atoms with Gasteiger partial charge in [-0.05, 0) is 43.7 Å². The monoisotopic (exact) mass is 231 g/mol. The van der Waals surface area contributed by atoms with Crippen molar-refractivity contribution < 1.29 is 4.74 Å². The van der Waals surface area contributed by atoms with E-state index in [9.17, 15) is 0 Å². The van der Waals surface area contributed by atoms with Crippen LogP contribution in [0.1, 0.15) is 19.3 Å². The number of rotatable bonds is 5. The summed E-state index contributed by atoms with van der Waals surface area (Å²) in [5.41, 5.74) is 4.28. The Balaban J connectivity index is 1.61. The summed E-state index contributed by atoms with van der Waals surface area (Å²) < 4.78 is 5.70. The number of piperidine rings is 1. The molecule has 0 unspecified atom stereocenters. The molecule has 0 atom stereocenters. The van der Waals surface area contributed by atoms with E-state index in [4.69, 9.17) is 4.74 Å². The van der Waals surface area contributed by atoms with Gasteiger partial charge in [0.2, 0.25) is 0 Å². The van der Waals surface area contributed by atoms with Gasteiger partial charge in [0.25, 0.3) is 0 Å². The highest BCUT2D eigenvalue weighted by molar-refractivity contribution is 5.29. The first-order valence-electron chi connectivity index (χ1n) is 6.53. The number of ether oxygens (including phenoxy) is 1. The van der Waals surface area contributed by atoms with Crippen LogP contribution in [0.4, 0.5) is 0 Å². The molecule has 0 amide bonds. The average molecular weight is 231 g/mol. The molecule has 17 heavy (non-hydrogen) atoms. The molecule has 1 heterocycles. The smallest absolute Gasteiger partial charge is 0.0723 e. The van der Waals surface area contributed by atoms with Crippen molar-refractivity contribution >= 4 is 0 Å². The molecular weight excluding hydrogens is 210 g/mol. The fourth-order valence-corrected chi connectivity index (χ4v) is 2.15. The van der Waals surface area contributed by atoms with Gasteiger partial charge >= 0.3 is 0 Å². The number of hydrogen-bond donors (Lipinski definition) is 0. The Kier molecular flexibility index (Phi) is 5.31. The number of likely N-dealkylation sites (tertiary alicyclic amines) is 1. The normalized spacial score (nSPS) is 20.4. The van der Waals surface area contributed by atoms with Gasteiger partial charge in [0.1, 0.15) is 0 Å². The molecule has 1 aliphatic heterocycles. The zero-order valence-electron chi connectivity index (χ0n) is 10.4. The van der Waals surface area contributed by atoms with E-state index in [0.717, 1.165) is 13.2 Å². The Morgan fingerprint density at radius 2 is 2.06 bits per heavy atom. The Hall–Kier alpha value is -1.08. The lowest BCUT2D eigenvalue weighted by molar-refractivity contribution is 0.112. The van der Waals surface area contributed by atoms with Crippen LogP contribution in [-0.2, 0) is 4.74 Å². The molecule has 0 saturated carbocycles. The van der Waals surface area contributed by atoms with Crippen LogP contribution in [0, 0.1) is 0 Å². The molecule has 0 aromatic carbocycles. The first kappa shape index (κ1) is 12.4. The molecule has 1 saturated heterocycles. The molecule has 2 rings (SSSR count). The van der Waals surface area contributed by atoms with Crippen LogP contribution in [0.15, 0.2) is 41.7 Å². The van der Waals surface area contributed by atoms with Gasteiger partial charge in [0.15, 0.2) is 0 Å². The summed E-state index contributed by atoms with van der Waals surface area (Å²) in [5, 5.41) is 0. The van der Waals surface area contributed by atoms with E-state index < -0.39 is 0 Å². The number of allylic oxidation sites excluding steroid dienone is 3. The average Bonchev–Trinajstić information content (AvgIpc) is 2.65. The summed E-state index contributed by atoms with van der Waals surface area (Å²) in [5.74, 6) is 0. The predicted octanol–water partition coefficient (Wildman–Crippen LogP) is 2.70. The van der Waals surface area contributed by atoms with Crippen LogP contribution in [0.2, 0.25) is 0 Å². The van der Waals surface area contributed by atoms with Crippen molar-refractivity contribution in [1.82, 2.24) is 4.90 Å². The maximum absolute atomic E-state index is 5.70. The summed E-state index contributed by atoms with van der Waals surface area (Å²) in [6.45, 7) is 5.09. The summed E-state index contributed by atoms with van der Waals surface area (Å²) in [6.07, 6.45) is 14.1. The van der Waals surface area contributed by atoms with E-state index in [-0.39, 0.29) is 0 Å². The Labute approximate surface area is 104 Å². The van der Waals surface area contributed by atoms with Crippen molar-refractivity contribution in [3.63, 3.8) is 0 Å². The van der Waals surface area contributed by atoms with E-state index in [0.29, 0.717) is 6.61 Å². The SMILES string of the molecule is C1=CC=CC=C(COCCN2CCCCC2)C=1. The molecule has 0 aromatic heterocycles. The third-order valence-electron chi connectivity index (χ3n) is 3.15. The maximum atomic E-state index is 5.70. The summed E-state index contributed by atoms with van der Waals surface area (Å²) in [6, 6.07) is 0. The van der Waals surface area contributed by atoms with Gasteiger partial charge in [-0.1, -0.05) is 24.6 Å². The number of nitrogens with zero attached hydrogens (tertiary/aromatic N) is 1. The topological polar surface area (TPSA) is 12.5 Å². The van der Waals surface area contributed by atoms with Crippen LogP contribution in [0.25, 0.3) is 0 Å². The van der Waals surface area contributed by atoms with Crippen LogP contribution < -0.4 is 0 Å². The standard InChI is InChI=1S/C15H21NO/c1-2-5-9-15(8-4-1)14-17-13-12-16-10-6-3-7-11-16/h1-2,4,8-9H,3,6-7,10-14H2. The molecule has 92 valence electrons. The van der Waals surface area contributed by atoms with Crippen molar-refractivity contribution in [1.29, 1.82) is 0 Å². The van der Waals surface area contributed by atoms with Crippen molar-refractivity contribution in [2.24, 2.45) is 0 Å². The van der Waals surface area contributed by atoms with Gasteiger partial charge in [0, 0.05) is 6.54 Å². The summed E-state index contributed by atoms with van der Waals surface area (Å²) >= 11 is 0. The summed E-state index contributed by atoms with van der Waals surface area (Å²) in [7, 11) is 0. The molecule has 2 nitrogen and oxygen atoms in total. The lowest BCUT2D eigenvalue weighted by Gasteiger charge is -2.26. The van der Waals surface area contributed by atoms with E-state index >= 15 is 0 Å². The lowest BCUT2D eigenvalue weighted by Crippen LogP contribution is -2.32. The van der Waals surface area contributed by atoms with Crippen LogP contribution in [0.5, 0.6) is 0 Å². The summed E-state index contributed by atoms with van der Waals surface area (Å²) in [4.78, 5) is 2.50. The van der Waals surface area contributed by atoms with Crippen molar-refractivity contribution in [2.45, 2.75) is 19.3 Å². The molecule has 1 aliphatic carbocycles. The molecule has 0 aromatic rings. The molecule has 0 bridgehead atoms. The highest BCUT2D eigenvalue weighted by atomic mass is 16.5. The Morgan fingerprint density at radius 3 is 2.94 bits per heavy atom. The van der Waals surface area contributed by atoms with Gasteiger partial charge in [0.05, 0.1) is 13.2 Å². The molecule has 1 fully saturated rings. The fourth-order valence-electron chi connectivity index (χ4n) is 2.15. The fraction of sp³-hybridized carbons (Fsp3) is 0.533. The molecular formula is C15H21NO. The minimum Gasteiger partial charge on any atom is -0.375 e. The third-order valence-corrected chi connectivity index (χ3v) is 3.15. The van der Waals surface area contributed by atoms with Gasteiger partial charge in [-0.15, -0.1) is 5.73 Å². The van der Waals surface area contributed by atoms with Gasteiger partial charge in [-0.3, -0.25) is 0 Å². The minimum absolute atomic E-state index is 0.693. The zero-order valence-corrected chi connectivity index (χ0v) is 10.4. The van der Waals surface area contributed by atoms with E-state index in [1.54, 1.807) is 0 Å². The second-order valence-electron chi connectivity index (χ2n) is 4.56. The molecule has 0 spiro atoms.